The van der Waals surface area contributed by atoms with Gasteiger partial charge in [-0.15, -0.1) is 0 Å². The molecule has 1 atom stereocenters. The van der Waals surface area contributed by atoms with Crippen LogP contribution in [0.1, 0.15) is 48.0 Å². The van der Waals surface area contributed by atoms with Gasteiger partial charge in [0, 0.05) is 43.3 Å². The third-order valence-electron chi connectivity index (χ3n) is 4.23. The predicted molar refractivity (Wildman–Crippen MR) is 111 cm³/mol. The first-order valence-corrected chi connectivity index (χ1v) is 9.35. The Kier molecular flexibility index (Phi) is 6.28. The third kappa shape index (κ3) is 5.68. The number of aromatic nitrogens is 5. The zero-order valence-corrected chi connectivity index (χ0v) is 16.5. The smallest absolute Gasteiger partial charge is 0.281 e. The minimum atomic E-state index is -0.425. The molecule has 0 bridgehead atoms. The Morgan fingerprint density at radius 1 is 1.10 bits per heavy atom. The molecule has 1 aliphatic rings. The van der Waals surface area contributed by atoms with E-state index in [2.05, 4.69) is 25.0 Å². The second-order valence-corrected chi connectivity index (χ2v) is 6.83. The van der Waals surface area contributed by atoms with Crippen molar-refractivity contribution < 1.29 is 4.79 Å². The number of pyridine rings is 1. The van der Waals surface area contributed by atoms with Gasteiger partial charge in [-0.2, -0.15) is 10.1 Å². The van der Waals surface area contributed by atoms with Crippen molar-refractivity contribution in [3.8, 4) is 11.3 Å². The van der Waals surface area contributed by atoms with E-state index in [1.54, 1.807) is 31.8 Å². The van der Waals surface area contributed by atoms with Crippen molar-refractivity contribution in [2.45, 2.75) is 32.1 Å². The van der Waals surface area contributed by atoms with Crippen molar-refractivity contribution in [1.82, 2.24) is 24.7 Å². The van der Waals surface area contributed by atoms with E-state index in [4.69, 9.17) is 11.5 Å². The summed E-state index contributed by atoms with van der Waals surface area (Å²) in [6.45, 7) is 1.86. The van der Waals surface area contributed by atoms with Crippen LogP contribution in [-0.2, 0) is 7.05 Å². The number of amidine groups is 1. The van der Waals surface area contributed by atoms with E-state index >= 15 is 0 Å². The van der Waals surface area contributed by atoms with Crippen LogP contribution in [-0.4, -0.2) is 36.5 Å². The summed E-state index contributed by atoms with van der Waals surface area (Å²) in [7, 11) is 1.73. The molecular formula is C20H24N8O. The monoisotopic (exact) mass is 392 g/mol. The van der Waals surface area contributed by atoms with E-state index in [-0.39, 0.29) is 17.7 Å². The molecular weight excluding hydrogens is 368 g/mol. The van der Waals surface area contributed by atoms with Crippen LogP contribution in [0.2, 0.25) is 0 Å². The number of carbonyl (C=O) groups excluding carboxylic acids is 1. The summed E-state index contributed by atoms with van der Waals surface area (Å²) < 4.78 is 1.53. The lowest BCUT2D eigenvalue weighted by molar-refractivity contribution is 0.100. The van der Waals surface area contributed by atoms with Gasteiger partial charge in [0.2, 0.25) is 5.95 Å². The highest BCUT2D eigenvalue weighted by Gasteiger charge is 2.14. The number of rotatable bonds is 4. The van der Waals surface area contributed by atoms with Crippen LogP contribution in [0, 0.1) is 0 Å². The van der Waals surface area contributed by atoms with E-state index in [1.807, 2.05) is 19.1 Å². The second kappa shape index (κ2) is 9.05. The summed E-state index contributed by atoms with van der Waals surface area (Å²) in [5, 5.41) is 3.95. The van der Waals surface area contributed by atoms with Gasteiger partial charge in [0.05, 0.1) is 17.5 Å². The fraction of sp³-hybridized carbons (Fsp3) is 0.300. The largest absolute Gasteiger partial charge is 0.387 e. The van der Waals surface area contributed by atoms with Crippen LogP contribution in [0.15, 0.2) is 48.1 Å². The molecule has 0 radical (unpaired) electrons. The highest BCUT2D eigenvalue weighted by molar-refractivity contribution is 6.04. The maximum Gasteiger partial charge on any atom is 0.281 e. The first-order valence-electron chi connectivity index (χ1n) is 9.35. The molecule has 150 valence electrons. The van der Waals surface area contributed by atoms with Crippen molar-refractivity contribution >= 4 is 17.7 Å². The zero-order valence-electron chi connectivity index (χ0n) is 16.5. The highest BCUT2D eigenvalue weighted by atomic mass is 16.1. The van der Waals surface area contributed by atoms with Gasteiger partial charge in [0.15, 0.2) is 0 Å². The predicted octanol–water partition coefficient (Wildman–Crippen LogP) is 2.33. The summed E-state index contributed by atoms with van der Waals surface area (Å²) in [6, 6.07) is 3.71. The van der Waals surface area contributed by atoms with E-state index in [9.17, 15) is 4.79 Å². The number of nitrogen functional groups attached to an aromatic ring is 1. The van der Waals surface area contributed by atoms with Crippen molar-refractivity contribution in [2.24, 2.45) is 17.8 Å². The first kappa shape index (κ1) is 20.1. The Morgan fingerprint density at radius 2 is 1.79 bits per heavy atom. The minimum absolute atomic E-state index is 0.210. The van der Waals surface area contributed by atoms with Crippen LogP contribution in [0.25, 0.3) is 11.3 Å². The highest BCUT2D eigenvalue weighted by Crippen LogP contribution is 2.20. The van der Waals surface area contributed by atoms with Gasteiger partial charge < -0.3 is 11.5 Å². The molecule has 9 heteroatoms. The topological polar surface area (TPSA) is 138 Å². The summed E-state index contributed by atoms with van der Waals surface area (Å²) in [6.07, 6.45) is 12.4. The van der Waals surface area contributed by atoms with Crippen molar-refractivity contribution in [3.63, 3.8) is 0 Å². The molecule has 0 saturated heterocycles. The van der Waals surface area contributed by atoms with E-state index in [0.717, 1.165) is 11.1 Å². The fourth-order valence-electron chi connectivity index (χ4n) is 2.28. The fourth-order valence-corrected chi connectivity index (χ4v) is 2.28. The number of carbonyl (C=O) groups is 1. The molecule has 1 unspecified atom stereocenters. The zero-order chi connectivity index (χ0) is 20.8. The van der Waals surface area contributed by atoms with E-state index in [0.29, 0.717) is 11.3 Å². The van der Waals surface area contributed by atoms with Gasteiger partial charge in [-0.3, -0.25) is 14.5 Å². The molecule has 0 spiro atoms. The molecule has 1 aliphatic carbocycles. The number of anilines is 1. The molecule has 1 amide bonds. The molecule has 29 heavy (non-hydrogen) atoms. The summed E-state index contributed by atoms with van der Waals surface area (Å²) in [5.41, 5.74) is 14.2. The van der Waals surface area contributed by atoms with Gasteiger partial charge in [-0.25, -0.2) is 9.97 Å². The van der Waals surface area contributed by atoms with Crippen molar-refractivity contribution in [1.29, 1.82) is 0 Å². The number of hydrogen-bond donors (Lipinski definition) is 2. The molecule has 0 aliphatic heterocycles. The Bertz CT molecular complexity index is 987. The maximum absolute atomic E-state index is 12.1. The normalized spacial score (nSPS) is 13.9. The van der Waals surface area contributed by atoms with Gasteiger partial charge in [0.25, 0.3) is 5.91 Å². The lowest BCUT2D eigenvalue weighted by Crippen LogP contribution is -2.21. The van der Waals surface area contributed by atoms with Gasteiger partial charge in [-0.1, -0.05) is 32.3 Å². The van der Waals surface area contributed by atoms with E-state index < -0.39 is 5.91 Å². The van der Waals surface area contributed by atoms with Gasteiger partial charge in [0.1, 0.15) is 5.84 Å². The molecule has 1 saturated carbocycles. The summed E-state index contributed by atoms with van der Waals surface area (Å²) in [4.78, 5) is 28.4. The van der Waals surface area contributed by atoms with Crippen LogP contribution in [0.3, 0.4) is 0 Å². The maximum atomic E-state index is 12.1. The average molecular weight is 392 g/mol. The molecule has 4 N–H and O–H groups in total. The van der Waals surface area contributed by atoms with Crippen molar-refractivity contribution in [3.05, 3.63) is 54.2 Å². The first-order chi connectivity index (χ1) is 13.9. The van der Waals surface area contributed by atoms with Crippen LogP contribution < -0.4 is 11.5 Å². The van der Waals surface area contributed by atoms with Crippen molar-refractivity contribution in [2.75, 3.05) is 5.73 Å². The number of hydrogen-bond acceptors (Lipinski definition) is 6. The van der Waals surface area contributed by atoms with Gasteiger partial charge in [-0.05, 0) is 11.6 Å². The van der Waals surface area contributed by atoms with Crippen LogP contribution in [0.5, 0.6) is 0 Å². The third-order valence-corrected chi connectivity index (χ3v) is 4.23. The van der Waals surface area contributed by atoms with Crippen LogP contribution >= 0.6 is 0 Å². The van der Waals surface area contributed by atoms with Crippen LogP contribution in [0.4, 0.5) is 5.95 Å². The molecule has 1 fully saturated rings. The number of amides is 1. The quantitative estimate of drug-likeness (QED) is 0.513. The Morgan fingerprint density at radius 3 is 2.31 bits per heavy atom. The molecule has 9 nitrogen and oxygen atoms in total. The SMILES string of the molecule is C1CC1.CC(C(N)=NC(=O)c1cnn(C)c1)c1ccc(-c2cnc(N)nc2)nc1. The van der Waals surface area contributed by atoms with E-state index in [1.165, 1.54) is 30.1 Å². The molecule has 4 rings (SSSR count). The summed E-state index contributed by atoms with van der Waals surface area (Å²) >= 11 is 0. The van der Waals surface area contributed by atoms with Gasteiger partial charge >= 0.3 is 0 Å². The molecule has 3 aromatic rings. The average Bonchev–Trinajstić information content (AvgIpc) is 3.55. The molecule has 3 aromatic heterocycles. The molecule has 0 aromatic carbocycles. The number of aliphatic imine (C=N–C) groups is 1. The Labute approximate surface area is 168 Å². The Balaban J connectivity index is 0.000000732. The molecule has 3 heterocycles. The lowest BCUT2D eigenvalue weighted by Gasteiger charge is -2.11. The lowest BCUT2D eigenvalue weighted by atomic mass is 10.0. The second-order valence-electron chi connectivity index (χ2n) is 6.83. The Hall–Kier alpha value is -3.62. The number of nitrogens with two attached hydrogens (primary N) is 2. The number of aryl methyl sites for hydroxylation is 1. The standard InChI is InChI=1S/C17H18N8O.C3H6/c1-10(15(18)24-16(26)13-8-23-25(2)9-13)11-3-4-14(20-5-11)12-6-21-17(19)22-7-12;1-2-3-1/h3-10H,1-2H3,(H2,18,24,26)(H2,19,21,22);1-3H2. The summed E-state index contributed by atoms with van der Waals surface area (Å²) in [5.74, 6) is -0.267. The number of nitrogens with zero attached hydrogens (tertiary/aromatic N) is 6. The minimum Gasteiger partial charge on any atom is -0.387 e.